The number of pyridine rings is 1. The summed E-state index contributed by atoms with van der Waals surface area (Å²) in [6.45, 7) is 35.4. The predicted octanol–water partition coefficient (Wildman–Crippen LogP) is 15.5. The number of nitrogens with zero attached hydrogens (tertiary/aromatic N) is 1. The van der Waals surface area contributed by atoms with Crippen LogP contribution in [-0.2, 0) is 41.1 Å². The second-order valence-electron chi connectivity index (χ2n) is 20.5. The summed E-state index contributed by atoms with van der Waals surface area (Å²) in [4.78, 5) is 17.5. The fraction of sp³-hybridized carbons (Fsp3) is 0.538. The van der Waals surface area contributed by atoms with Crippen LogP contribution in [0.3, 0.4) is 0 Å². The van der Waals surface area contributed by atoms with E-state index < -0.39 is 10.8 Å². The number of benzene rings is 3. The molecule has 1 aliphatic rings. The van der Waals surface area contributed by atoms with E-state index in [1.165, 1.54) is 23.0 Å². The Morgan fingerprint density at radius 3 is 1.98 bits per heavy atom. The minimum Gasteiger partial charge on any atom is -0.512 e. The predicted molar refractivity (Wildman–Crippen MR) is 244 cm³/mol. The van der Waals surface area contributed by atoms with Crippen molar-refractivity contribution >= 4 is 48.1 Å². The van der Waals surface area contributed by atoms with Crippen LogP contribution in [0.15, 0.2) is 60.4 Å². The van der Waals surface area contributed by atoms with E-state index in [9.17, 15) is 11.3 Å². The Labute approximate surface area is 374 Å². The van der Waals surface area contributed by atoms with Gasteiger partial charge >= 0.3 is 0 Å². The fourth-order valence-corrected chi connectivity index (χ4v) is 9.89. The number of aliphatic hydroxyl groups is 1. The minimum absolute atomic E-state index is 0. The maximum absolute atomic E-state index is 15.9. The summed E-state index contributed by atoms with van der Waals surface area (Å²) in [6, 6.07) is 5.93. The van der Waals surface area contributed by atoms with Crippen LogP contribution in [0, 0.1) is 46.4 Å². The molecular weight excluding hydrogens is 914 g/mol. The number of carbonyl (C=O) groups excluding carboxylic acids is 1. The number of fused-ring (bicyclic) bond motifs is 6. The molecule has 0 saturated carbocycles. The molecule has 0 bridgehead atoms. The fourth-order valence-electron chi connectivity index (χ4n) is 8.69. The number of ketones is 1. The van der Waals surface area contributed by atoms with E-state index in [1.807, 2.05) is 40.7 Å². The monoisotopic (exact) mass is 988 g/mol. The van der Waals surface area contributed by atoms with Crippen molar-refractivity contribution in [2.75, 3.05) is 0 Å². The van der Waals surface area contributed by atoms with Gasteiger partial charge in [0.15, 0.2) is 5.78 Å². The Kier molecular flexibility index (Phi) is 11.8. The molecule has 1 N–H and O–H groups in total. The standard InChI is InChI=1S/C33H33FNS.C19H36O2.Ir/c1-31(2,3)23-17-20(16-19-10-8-9-11-21(19)23)28-29-22(12-15-35-28)26-27-24(18-25(34)30(26)36-29)32(4,5)13-14-33(27,6)7;1-12(2)18(9,13(3)4)16(20)11-17(21)19(10,14(5)6)15(7)8;/h8-12,15,17-18H,13-14H2,1-7H3;11-15,20H,1-10H3;/q-1;;/b;16-11-;/i8D,9D,10D,11D,17D;;. The number of thiophene rings is 1. The first-order valence-corrected chi connectivity index (χ1v) is 21.6. The number of carbonyl (C=O) groups is 1. The average molecular weight is 988 g/mol. The van der Waals surface area contributed by atoms with Gasteiger partial charge in [0.05, 0.1) is 8.81 Å². The molecule has 0 spiro atoms. The van der Waals surface area contributed by atoms with E-state index in [1.54, 1.807) is 12.3 Å². The third-order valence-electron chi connectivity index (χ3n) is 14.0. The molecule has 58 heavy (non-hydrogen) atoms. The van der Waals surface area contributed by atoms with Crippen LogP contribution in [-0.4, -0.2) is 15.9 Å². The number of hydrogen-bond donors (Lipinski definition) is 1. The third-order valence-corrected chi connectivity index (χ3v) is 15.2. The molecule has 6 rings (SSSR count). The van der Waals surface area contributed by atoms with Gasteiger partial charge in [-0.2, -0.15) is 0 Å². The molecule has 5 aromatic rings. The molecule has 0 amide bonds. The van der Waals surface area contributed by atoms with Gasteiger partial charge < -0.3 is 5.11 Å². The molecule has 0 saturated heterocycles. The van der Waals surface area contributed by atoms with Crippen molar-refractivity contribution in [1.82, 2.24) is 4.98 Å². The van der Waals surface area contributed by atoms with Gasteiger partial charge in [0.1, 0.15) is 11.6 Å². The zero-order chi connectivity index (χ0) is 47.1. The summed E-state index contributed by atoms with van der Waals surface area (Å²) in [5.74, 6) is 1.02. The van der Waals surface area contributed by atoms with Crippen molar-refractivity contribution in [3.63, 3.8) is 0 Å². The van der Waals surface area contributed by atoms with Crippen molar-refractivity contribution in [2.45, 2.75) is 147 Å². The molecule has 6 heteroatoms. The van der Waals surface area contributed by atoms with Crippen LogP contribution in [0.25, 0.3) is 42.2 Å². The number of halogens is 1. The molecule has 0 fully saturated rings. The Hall–Kier alpha value is -2.92. The number of aromatic nitrogens is 1. The summed E-state index contributed by atoms with van der Waals surface area (Å²) < 4.78 is 60.4. The van der Waals surface area contributed by atoms with Crippen LogP contribution >= 0.6 is 11.3 Å². The first-order valence-electron chi connectivity index (χ1n) is 23.3. The topological polar surface area (TPSA) is 50.2 Å². The van der Waals surface area contributed by atoms with Crippen molar-refractivity contribution in [3.05, 3.63) is 89.0 Å². The van der Waals surface area contributed by atoms with E-state index in [-0.39, 0.29) is 113 Å². The molecule has 2 heterocycles. The second kappa shape index (κ2) is 16.9. The molecule has 2 aromatic heterocycles. The van der Waals surface area contributed by atoms with Gasteiger partial charge in [0.25, 0.3) is 0 Å². The smallest absolute Gasteiger partial charge is 0.165 e. The van der Waals surface area contributed by atoms with E-state index in [2.05, 4.69) is 89.2 Å². The van der Waals surface area contributed by atoms with Crippen molar-refractivity contribution in [3.8, 4) is 11.3 Å². The molecule has 0 atom stereocenters. The first-order chi connectivity index (χ1) is 28.3. The van der Waals surface area contributed by atoms with E-state index in [4.69, 9.17) is 10.5 Å². The molecular formula is C52H69FIrNO2S-. The van der Waals surface area contributed by atoms with Crippen molar-refractivity contribution in [1.29, 1.82) is 0 Å². The van der Waals surface area contributed by atoms with E-state index in [0.717, 1.165) is 33.9 Å². The maximum Gasteiger partial charge on any atom is 0.165 e. The van der Waals surface area contributed by atoms with Gasteiger partial charge in [-0.1, -0.05) is 147 Å². The summed E-state index contributed by atoms with van der Waals surface area (Å²) in [6.07, 6.45) is 5.15. The third kappa shape index (κ3) is 8.38. The normalized spacial score (nSPS) is 17.1. The van der Waals surface area contributed by atoms with Crippen molar-refractivity contribution in [2.24, 2.45) is 34.5 Å². The zero-order valence-electron chi connectivity index (χ0n) is 43.0. The minimum atomic E-state index is -0.605. The Balaban J connectivity index is 0.000000339. The van der Waals surface area contributed by atoms with Gasteiger partial charge in [-0.05, 0) is 81.4 Å². The second-order valence-corrected chi connectivity index (χ2v) is 21.5. The Morgan fingerprint density at radius 1 is 0.879 bits per heavy atom. The van der Waals surface area contributed by atoms with Crippen LogP contribution in [0.5, 0.6) is 0 Å². The number of aliphatic hydroxyl groups excluding tert-OH is 1. The summed E-state index contributed by atoms with van der Waals surface area (Å²) in [7, 11) is 0. The number of allylic oxidation sites excluding steroid dienone is 2. The molecule has 0 aliphatic heterocycles. The zero-order valence-corrected chi connectivity index (χ0v) is 41.2. The maximum atomic E-state index is 15.9. The number of hydrogen-bond acceptors (Lipinski definition) is 4. The Bertz CT molecular complexity index is 2600. The molecule has 1 aliphatic carbocycles. The largest absolute Gasteiger partial charge is 0.512 e. The summed E-state index contributed by atoms with van der Waals surface area (Å²) in [5, 5.41) is 13.0. The first kappa shape index (κ1) is 40.5. The van der Waals surface area contributed by atoms with Crippen molar-refractivity contribution < 1.29 is 41.3 Å². The van der Waals surface area contributed by atoms with Gasteiger partial charge in [-0.15, -0.1) is 40.4 Å². The molecule has 0 unspecified atom stereocenters. The van der Waals surface area contributed by atoms with Crippen LogP contribution < -0.4 is 0 Å². The van der Waals surface area contributed by atoms with Gasteiger partial charge in [-0.25, -0.2) is 4.39 Å². The quantitative estimate of drug-likeness (QED) is 0.0957. The molecule has 317 valence electrons. The SMILES string of the molecule is CC(C)C(C)(C(=O)/C=C(\O)C(C)(C(C)C)C(C)C)C(C)C.[2H]c1c([2H])c([2H])c2c(C(C)(C)C)c([2H])c(-c3nccc4c3sc3c(F)cc5c(c34)C(C)(C)CCC5(C)C)[c-]c2c1[2H].[Ir]. The van der Waals surface area contributed by atoms with Gasteiger partial charge in [0.2, 0.25) is 0 Å². The van der Waals surface area contributed by atoms with Crippen LogP contribution in [0.1, 0.15) is 154 Å². The average Bonchev–Trinajstić information content (AvgIpc) is 3.57. The van der Waals surface area contributed by atoms with Crippen LogP contribution in [0.4, 0.5) is 4.39 Å². The summed E-state index contributed by atoms with van der Waals surface area (Å²) in [5.41, 5.74) is 1.85. The van der Waals surface area contributed by atoms with Crippen LogP contribution in [0.2, 0.25) is 0 Å². The van der Waals surface area contributed by atoms with E-state index >= 15 is 4.39 Å². The van der Waals surface area contributed by atoms with Gasteiger partial charge in [-0.3, -0.25) is 9.78 Å². The molecule has 3 nitrogen and oxygen atoms in total. The van der Waals surface area contributed by atoms with E-state index in [0.29, 0.717) is 26.9 Å². The molecule has 3 aromatic carbocycles. The number of rotatable bonds is 8. The molecule has 1 radical (unpaired) electrons. The summed E-state index contributed by atoms with van der Waals surface area (Å²) >= 11 is 1.33. The Morgan fingerprint density at radius 2 is 1.43 bits per heavy atom. The van der Waals surface area contributed by atoms with Gasteiger partial charge in [0, 0.05) is 61.7 Å².